The molecule has 1 fully saturated rings. The van der Waals surface area contributed by atoms with Crippen LogP contribution in [0, 0.1) is 0 Å². The van der Waals surface area contributed by atoms with E-state index in [1.165, 1.54) is 22.6 Å². The Kier molecular flexibility index (Phi) is 7.35. The van der Waals surface area contributed by atoms with E-state index in [0.717, 1.165) is 21.3 Å². The van der Waals surface area contributed by atoms with E-state index in [0.29, 0.717) is 24.5 Å². The number of ether oxygens (including phenoxy) is 1. The summed E-state index contributed by atoms with van der Waals surface area (Å²) in [6.07, 6.45) is 0.771. The van der Waals surface area contributed by atoms with E-state index in [1.54, 1.807) is 39.0 Å². The number of thiazole rings is 1. The fraction of sp³-hybridized carbons (Fsp3) is 0.400. The van der Waals surface area contributed by atoms with Crippen LogP contribution in [-0.2, 0) is 19.6 Å². The number of nitrogens with one attached hydrogen (secondary N) is 2. The Hall–Kier alpha value is -3.02. The van der Waals surface area contributed by atoms with Gasteiger partial charge in [0.25, 0.3) is 0 Å². The molecule has 1 unspecified atom stereocenters. The topological polar surface area (TPSA) is 118 Å². The van der Waals surface area contributed by atoms with Crippen LogP contribution < -0.4 is 10.6 Å². The van der Waals surface area contributed by atoms with Gasteiger partial charge in [0.1, 0.15) is 5.60 Å². The molecule has 2 N–H and O–H groups in total. The number of nitrogens with zero attached hydrogens (tertiary/aromatic N) is 2. The molecule has 2 aromatic carbocycles. The summed E-state index contributed by atoms with van der Waals surface area (Å²) in [5, 5.41) is 6.01. The van der Waals surface area contributed by atoms with Crippen molar-refractivity contribution in [2.75, 3.05) is 18.4 Å². The minimum Gasteiger partial charge on any atom is -0.444 e. The van der Waals surface area contributed by atoms with Gasteiger partial charge in [-0.05, 0) is 69.0 Å². The van der Waals surface area contributed by atoms with Gasteiger partial charge in [-0.3, -0.25) is 4.79 Å². The number of carbonyl (C=O) groups excluding carboxylic acids is 2. The predicted octanol–water partition coefficient (Wildman–Crippen LogP) is 4.60. The summed E-state index contributed by atoms with van der Waals surface area (Å²) in [5.41, 5.74) is 1.74. The maximum Gasteiger partial charge on any atom is 0.407 e. The van der Waals surface area contributed by atoms with Crippen molar-refractivity contribution in [1.29, 1.82) is 0 Å². The van der Waals surface area contributed by atoms with Gasteiger partial charge >= 0.3 is 6.09 Å². The summed E-state index contributed by atoms with van der Waals surface area (Å²) in [5.74, 6) is -0.187. The zero-order valence-corrected chi connectivity index (χ0v) is 22.3. The van der Waals surface area contributed by atoms with Crippen molar-refractivity contribution >= 4 is 48.7 Å². The summed E-state index contributed by atoms with van der Waals surface area (Å²) in [6.45, 7) is 7.35. The van der Waals surface area contributed by atoms with E-state index in [1.807, 2.05) is 24.3 Å². The molecule has 9 nitrogen and oxygen atoms in total. The van der Waals surface area contributed by atoms with Gasteiger partial charge in [0.15, 0.2) is 5.13 Å². The van der Waals surface area contributed by atoms with Crippen LogP contribution in [0.5, 0.6) is 0 Å². The minimum absolute atomic E-state index is 0.185. The number of anilines is 1. The molecule has 11 heteroatoms. The summed E-state index contributed by atoms with van der Waals surface area (Å²) < 4.78 is 34.6. The highest BCUT2D eigenvalue weighted by atomic mass is 32.2. The van der Waals surface area contributed by atoms with Crippen LogP contribution in [0.15, 0.2) is 47.4 Å². The molecule has 0 radical (unpaired) electrons. The molecule has 192 valence electrons. The van der Waals surface area contributed by atoms with Crippen molar-refractivity contribution in [3.8, 4) is 11.1 Å². The first-order valence-electron chi connectivity index (χ1n) is 11.7. The quantitative estimate of drug-likeness (QED) is 0.498. The number of alkyl carbamates (subject to hydrolysis) is 1. The Balaban J connectivity index is 1.53. The van der Waals surface area contributed by atoms with Gasteiger partial charge in [-0.15, -0.1) is 0 Å². The van der Waals surface area contributed by atoms with E-state index in [-0.39, 0.29) is 23.4 Å². The lowest BCUT2D eigenvalue weighted by molar-refractivity contribution is -0.114. The average Bonchev–Trinajstić information content (AvgIpc) is 3.18. The molecule has 1 aromatic heterocycles. The number of amides is 2. The molecule has 0 bridgehead atoms. The fourth-order valence-electron chi connectivity index (χ4n) is 4.05. The Morgan fingerprint density at radius 1 is 1.14 bits per heavy atom. The van der Waals surface area contributed by atoms with Crippen molar-refractivity contribution in [3.05, 3.63) is 42.5 Å². The van der Waals surface area contributed by atoms with Crippen LogP contribution in [0.2, 0.25) is 0 Å². The molecule has 3 aromatic rings. The first-order chi connectivity index (χ1) is 16.9. The maximum absolute atomic E-state index is 13.5. The summed E-state index contributed by atoms with van der Waals surface area (Å²) in [4.78, 5) is 28.1. The number of carbonyl (C=O) groups is 2. The summed E-state index contributed by atoms with van der Waals surface area (Å²) in [7, 11) is -3.76. The number of aromatic nitrogens is 1. The molecular formula is C25H30N4O5S2. The Morgan fingerprint density at radius 2 is 1.89 bits per heavy atom. The third-order valence-corrected chi connectivity index (χ3v) is 8.38. The van der Waals surface area contributed by atoms with E-state index in [4.69, 9.17) is 4.74 Å². The van der Waals surface area contributed by atoms with Gasteiger partial charge in [-0.25, -0.2) is 18.2 Å². The van der Waals surface area contributed by atoms with Crippen molar-refractivity contribution in [2.24, 2.45) is 0 Å². The summed E-state index contributed by atoms with van der Waals surface area (Å²) >= 11 is 1.36. The van der Waals surface area contributed by atoms with Crippen LogP contribution in [0.4, 0.5) is 9.93 Å². The first-order valence-corrected chi connectivity index (χ1v) is 13.9. The van der Waals surface area contributed by atoms with Gasteiger partial charge in [0, 0.05) is 26.1 Å². The van der Waals surface area contributed by atoms with Gasteiger partial charge < -0.3 is 15.4 Å². The molecule has 0 aliphatic carbocycles. The summed E-state index contributed by atoms with van der Waals surface area (Å²) in [6, 6.07) is 12.2. The molecule has 4 rings (SSSR count). The van der Waals surface area contributed by atoms with E-state index < -0.39 is 21.7 Å². The third-order valence-electron chi connectivity index (χ3n) is 5.58. The normalized spacial score (nSPS) is 17.1. The number of fused-ring (bicyclic) bond motifs is 1. The number of sulfonamides is 1. The van der Waals surface area contributed by atoms with Crippen molar-refractivity contribution in [1.82, 2.24) is 14.6 Å². The average molecular weight is 531 g/mol. The highest BCUT2D eigenvalue weighted by molar-refractivity contribution is 7.89. The molecule has 0 spiro atoms. The molecule has 1 aliphatic rings. The van der Waals surface area contributed by atoms with E-state index >= 15 is 0 Å². The lowest BCUT2D eigenvalue weighted by atomic mass is 10.1. The highest BCUT2D eigenvalue weighted by Crippen LogP contribution is 2.32. The molecule has 1 atom stereocenters. The van der Waals surface area contributed by atoms with Crippen LogP contribution in [-0.4, -0.2) is 54.4 Å². The van der Waals surface area contributed by atoms with Crippen LogP contribution in [0.25, 0.3) is 21.3 Å². The van der Waals surface area contributed by atoms with Crippen LogP contribution >= 0.6 is 11.3 Å². The van der Waals surface area contributed by atoms with Crippen molar-refractivity contribution in [2.45, 2.75) is 57.1 Å². The van der Waals surface area contributed by atoms with Crippen LogP contribution in [0.1, 0.15) is 40.5 Å². The highest BCUT2D eigenvalue weighted by Gasteiger charge is 2.32. The first kappa shape index (κ1) is 26.1. The van der Waals surface area contributed by atoms with Gasteiger partial charge in [0.05, 0.1) is 15.1 Å². The van der Waals surface area contributed by atoms with Gasteiger partial charge in [0.2, 0.25) is 15.9 Å². The molecule has 1 aliphatic heterocycles. The standard InChI is InChI=1S/C25H30N4O5S2/c1-16(30)26-23-28-21-11-10-18(14-22(21)35-23)17-7-5-9-20(13-17)36(32,33)29-12-6-8-19(15-29)27-24(31)34-25(2,3)4/h5,7,9-11,13-14,19H,6,8,12,15H2,1-4H3,(H,27,31)(H,26,28,30). The Bertz CT molecular complexity index is 1390. The Morgan fingerprint density at radius 3 is 2.61 bits per heavy atom. The zero-order valence-electron chi connectivity index (χ0n) is 20.7. The van der Waals surface area contributed by atoms with E-state index in [2.05, 4.69) is 15.6 Å². The lowest BCUT2D eigenvalue weighted by Gasteiger charge is -2.33. The van der Waals surface area contributed by atoms with E-state index in [9.17, 15) is 18.0 Å². The number of piperidine rings is 1. The molecular weight excluding hydrogens is 500 g/mol. The number of rotatable bonds is 5. The van der Waals surface area contributed by atoms with Crippen molar-refractivity contribution < 1.29 is 22.7 Å². The number of hydrogen-bond acceptors (Lipinski definition) is 7. The molecule has 2 amide bonds. The van der Waals surface area contributed by atoms with Crippen LogP contribution in [0.3, 0.4) is 0 Å². The zero-order chi connectivity index (χ0) is 26.1. The second-order valence-corrected chi connectivity index (χ2v) is 12.7. The second-order valence-electron chi connectivity index (χ2n) is 9.76. The molecule has 2 heterocycles. The largest absolute Gasteiger partial charge is 0.444 e. The number of hydrogen-bond donors (Lipinski definition) is 2. The predicted molar refractivity (Wildman–Crippen MR) is 141 cm³/mol. The monoisotopic (exact) mass is 530 g/mol. The molecule has 1 saturated heterocycles. The fourth-order valence-corrected chi connectivity index (χ4v) is 6.57. The van der Waals surface area contributed by atoms with Gasteiger partial charge in [-0.2, -0.15) is 4.31 Å². The van der Waals surface area contributed by atoms with Crippen molar-refractivity contribution in [3.63, 3.8) is 0 Å². The minimum atomic E-state index is -3.76. The third kappa shape index (κ3) is 6.21. The number of benzene rings is 2. The molecule has 36 heavy (non-hydrogen) atoms. The molecule has 0 saturated carbocycles. The van der Waals surface area contributed by atoms with Gasteiger partial charge in [-0.1, -0.05) is 29.5 Å². The maximum atomic E-state index is 13.5. The SMILES string of the molecule is CC(=O)Nc1nc2ccc(-c3cccc(S(=O)(=O)N4CCCC(NC(=O)OC(C)(C)C)C4)c3)cc2s1. The smallest absolute Gasteiger partial charge is 0.407 e. The lowest BCUT2D eigenvalue weighted by Crippen LogP contribution is -2.50. The second kappa shape index (κ2) is 10.2. The Labute approximate surface area is 214 Å².